The Labute approximate surface area is 163 Å². The lowest BCUT2D eigenvalue weighted by Crippen LogP contribution is -2.26. The molecule has 0 heterocycles. The third-order valence-corrected chi connectivity index (χ3v) is 5.58. The van der Waals surface area contributed by atoms with Crippen molar-refractivity contribution in [1.29, 1.82) is 0 Å². The molecule has 5 nitrogen and oxygen atoms in total. The molecule has 3 rings (SSSR count). The average Bonchev–Trinajstić information content (AvgIpc) is 2.70. The molecular weight excluding hydrogens is 379 g/mol. The number of amides is 1. The number of hydrogen-bond acceptors (Lipinski definition) is 3. The van der Waals surface area contributed by atoms with E-state index in [4.69, 9.17) is 0 Å². The van der Waals surface area contributed by atoms with Crippen molar-refractivity contribution in [1.82, 2.24) is 4.72 Å². The molecule has 0 atom stereocenters. The Morgan fingerprint density at radius 3 is 2.18 bits per heavy atom. The van der Waals surface area contributed by atoms with Gasteiger partial charge in [-0.25, -0.2) is 17.5 Å². The van der Waals surface area contributed by atoms with Crippen LogP contribution in [0, 0.1) is 5.82 Å². The quantitative estimate of drug-likeness (QED) is 0.639. The standard InChI is InChI=1S/C21H19FN2O3S/c22-20-9-5-4-6-16(20)14-15-23-28(26,27)19-12-10-17(11-13-19)21(25)24-18-7-2-1-3-8-18/h1-13,23H,14-15H2,(H,24,25). The van der Waals surface area contributed by atoms with Crippen LogP contribution in [0.2, 0.25) is 0 Å². The van der Waals surface area contributed by atoms with Crippen molar-refractivity contribution in [3.63, 3.8) is 0 Å². The number of benzene rings is 3. The van der Waals surface area contributed by atoms with Gasteiger partial charge in [0.2, 0.25) is 10.0 Å². The van der Waals surface area contributed by atoms with Gasteiger partial charge in [0.25, 0.3) is 5.91 Å². The molecule has 0 aliphatic rings. The molecule has 3 aromatic rings. The van der Waals surface area contributed by atoms with Gasteiger partial charge in [-0.15, -0.1) is 0 Å². The second-order valence-electron chi connectivity index (χ2n) is 6.08. The molecule has 144 valence electrons. The first-order chi connectivity index (χ1) is 13.5. The summed E-state index contributed by atoms with van der Waals surface area (Å²) in [4.78, 5) is 12.3. The van der Waals surface area contributed by atoms with Crippen LogP contribution in [0.1, 0.15) is 15.9 Å². The monoisotopic (exact) mass is 398 g/mol. The van der Waals surface area contributed by atoms with Gasteiger partial charge in [0, 0.05) is 17.8 Å². The molecule has 0 bridgehead atoms. The van der Waals surface area contributed by atoms with Gasteiger partial charge in [0.1, 0.15) is 5.82 Å². The molecule has 0 radical (unpaired) electrons. The lowest BCUT2D eigenvalue weighted by molar-refractivity contribution is 0.102. The van der Waals surface area contributed by atoms with Gasteiger partial charge in [0.05, 0.1) is 4.90 Å². The summed E-state index contributed by atoms with van der Waals surface area (Å²) >= 11 is 0. The summed E-state index contributed by atoms with van der Waals surface area (Å²) in [6, 6.07) is 20.8. The zero-order valence-corrected chi connectivity index (χ0v) is 15.7. The van der Waals surface area contributed by atoms with Crippen molar-refractivity contribution in [2.24, 2.45) is 0 Å². The number of sulfonamides is 1. The molecule has 28 heavy (non-hydrogen) atoms. The highest BCUT2D eigenvalue weighted by atomic mass is 32.2. The van der Waals surface area contributed by atoms with Crippen LogP contribution < -0.4 is 10.0 Å². The first kappa shape index (κ1) is 19.7. The van der Waals surface area contributed by atoms with E-state index in [1.807, 2.05) is 6.07 Å². The number of anilines is 1. The number of carbonyl (C=O) groups excluding carboxylic acids is 1. The molecule has 1 amide bonds. The smallest absolute Gasteiger partial charge is 0.255 e. The highest BCUT2D eigenvalue weighted by molar-refractivity contribution is 7.89. The van der Waals surface area contributed by atoms with E-state index in [0.29, 0.717) is 16.8 Å². The summed E-state index contributed by atoms with van der Waals surface area (Å²) in [6.07, 6.45) is 0.240. The summed E-state index contributed by atoms with van der Waals surface area (Å²) in [7, 11) is -3.75. The van der Waals surface area contributed by atoms with Crippen molar-refractivity contribution in [3.8, 4) is 0 Å². The minimum Gasteiger partial charge on any atom is -0.322 e. The normalized spacial score (nSPS) is 11.2. The van der Waals surface area contributed by atoms with E-state index in [9.17, 15) is 17.6 Å². The minimum atomic E-state index is -3.75. The van der Waals surface area contributed by atoms with Crippen LogP contribution in [-0.4, -0.2) is 20.9 Å². The topological polar surface area (TPSA) is 75.3 Å². The molecule has 3 aromatic carbocycles. The summed E-state index contributed by atoms with van der Waals surface area (Å²) in [5.41, 5.74) is 1.44. The van der Waals surface area contributed by atoms with E-state index in [2.05, 4.69) is 10.0 Å². The summed E-state index contributed by atoms with van der Waals surface area (Å²) in [5.74, 6) is -0.696. The SMILES string of the molecule is O=C(Nc1ccccc1)c1ccc(S(=O)(=O)NCCc2ccccc2F)cc1. The maximum absolute atomic E-state index is 13.6. The van der Waals surface area contributed by atoms with Crippen molar-refractivity contribution in [2.45, 2.75) is 11.3 Å². The molecule has 0 spiro atoms. The molecular formula is C21H19FN2O3S. The zero-order valence-electron chi connectivity index (χ0n) is 14.9. The van der Waals surface area contributed by atoms with Gasteiger partial charge in [-0.2, -0.15) is 0 Å². The summed E-state index contributed by atoms with van der Waals surface area (Å²) in [6.45, 7) is 0.0690. The number of nitrogens with one attached hydrogen (secondary N) is 2. The summed E-state index contributed by atoms with van der Waals surface area (Å²) in [5, 5.41) is 2.73. The number of carbonyl (C=O) groups is 1. The maximum Gasteiger partial charge on any atom is 0.255 e. The molecule has 0 aromatic heterocycles. The fourth-order valence-corrected chi connectivity index (χ4v) is 3.65. The molecule has 0 aliphatic carbocycles. The summed E-state index contributed by atoms with van der Waals surface area (Å²) < 4.78 is 40.8. The van der Waals surface area contributed by atoms with Crippen molar-refractivity contribution in [3.05, 3.63) is 95.8 Å². The Balaban J connectivity index is 1.61. The van der Waals surface area contributed by atoms with Crippen LogP contribution in [-0.2, 0) is 16.4 Å². The van der Waals surface area contributed by atoms with E-state index in [1.54, 1.807) is 42.5 Å². The predicted molar refractivity (Wildman–Crippen MR) is 106 cm³/mol. The van der Waals surface area contributed by atoms with Gasteiger partial charge in [-0.1, -0.05) is 36.4 Å². The highest BCUT2D eigenvalue weighted by Gasteiger charge is 2.15. The molecule has 0 aliphatic heterocycles. The van der Waals surface area contributed by atoms with Crippen LogP contribution in [0.4, 0.5) is 10.1 Å². The third kappa shape index (κ3) is 5.03. The fraction of sp³-hybridized carbons (Fsp3) is 0.0952. The van der Waals surface area contributed by atoms with Gasteiger partial charge in [0.15, 0.2) is 0 Å². The minimum absolute atomic E-state index is 0.0392. The lowest BCUT2D eigenvalue weighted by atomic mass is 10.1. The van der Waals surface area contributed by atoms with Gasteiger partial charge >= 0.3 is 0 Å². The number of para-hydroxylation sites is 1. The number of halogens is 1. The number of hydrogen-bond donors (Lipinski definition) is 2. The second-order valence-corrected chi connectivity index (χ2v) is 7.85. The maximum atomic E-state index is 13.6. The molecule has 0 saturated heterocycles. The first-order valence-electron chi connectivity index (χ1n) is 8.65. The van der Waals surface area contributed by atoms with Gasteiger partial charge < -0.3 is 5.32 Å². The van der Waals surface area contributed by atoms with Crippen LogP contribution >= 0.6 is 0 Å². The van der Waals surface area contributed by atoms with Gasteiger partial charge in [-0.3, -0.25) is 4.79 Å². The van der Waals surface area contributed by atoms with Crippen LogP contribution in [0.25, 0.3) is 0 Å². The largest absolute Gasteiger partial charge is 0.322 e. The van der Waals surface area contributed by atoms with Crippen molar-refractivity contribution >= 4 is 21.6 Å². The third-order valence-electron chi connectivity index (χ3n) is 4.10. The van der Waals surface area contributed by atoms with Crippen molar-refractivity contribution in [2.75, 3.05) is 11.9 Å². The molecule has 2 N–H and O–H groups in total. The Morgan fingerprint density at radius 2 is 1.50 bits per heavy atom. The van der Waals surface area contributed by atoms with E-state index >= 15 is 0 Å². The molecule has 0 fully saturated rings. The molecule has 0 saturated carbocycles. The first-order valence-corrected chi connectivity index (χ1v) is 10.1. The van der Waals surface area contributed by atoms with Crippen LogP contribution in [0.15, 0.2) is 83.8 Å². The Kier molecular flexibility index (Phi) is 6.18. The molecule has 7 heteroatoms. The van der Waals surface area contributed by atoms with E-state index < -0.39 is 10.0 Å². The van der Waals surface area contributed by atoms with Crippen molar-refractivity contribution < 1.29 is 17.6 Å². The Morgan fingerprint density at radius 1 is 0.857 bits per heavy atom. The number of rotatable bonds is 7. The van der Waals surface area contributed by atoms with Crippen LogP contribution in [0.3, 0.4) is 0 Å². The van der Waals surface area contributed by atoms with E-state index in [0.717, 1.165) is 0 Å². The predicted octanol–water partition coefficient (Wildman–Crippen LogP) is 3.60. The van der Waals surface area contributed by atoms with Crippen LogP contribution in [0.5, 0.6) is 0 Å². The average molecular weight is 398 g/mol. The Bertz CT molecular complexity index is 1050. The Hall–Kier alpha value is -3.03. The highest BCUT2D eigenvalue weighted by Crippen LogP contribution is 2.13. The van der Waals surface area contributed by atoms with E-state index in [1.165, 1.54) is 30.3 Å². The molecule has 0 unspecified atom stereocenters. The lowest BCUT2D eigenvalue weighted by Gasteiger charge is -2.09. The van der Waals surface area contributed by atoms with Gasteiger partial charge in [-0.05, 0) is 54.4 Å². The second kappa shape index (κ2) is 8.77. The van der Waals surface area contributed by atoms with E-state index in [-0.39, 0.29) is 29.6 Å². The fourth-order valence-electron chi connectivity index (χ4n) is 2.61. The zero-order chi connectivity index (χ0) is 20.0.